The second-order valence-electron chi connectivity index (χ2n) is 17.6. The minimum absolute atomic E-state index is 0.0788. The van der Waals surface area contributed by atoms with Crippen molar-refractivity contribution >= 4 is 77.7 Å². The van der Waals surface area contributed by atoms with Crippen LogP contribution in [0.2, 0.25) is 0 Å². The van der Waals surface area contributed by atoms with E-state index >= 15 is 0 Å². The third-order valence-electron chi connectivity index (χ3n) is 14.0. The molecular formula is C54H39BN2S. The van der Waals surface area contributed by atoms with Crippen molar-refractivity contribution in [3.05, 3.63) is 186 Å². The van der Waals surface area contributed by atoms with Gasteiger partial charge >= 0.3 is 6.85 Å². The first-order valence-electron chi connectivity index (χ1n) is 20.6. The summed E-state index contributed by atoms with van der Waals surface area (Å²) in [7, 11) is 0. The Morgan fingerprint density at radius 3 is 2.07 bits per heavy atom. The van der Waals surface area contributed by atoms with Crippen LogP contribution in [-0.2, 0) is 10.8 Å². The van der Waals surface area contributed by atoms with Gasteiger partial charge in [0.25, 0.3) is 0 Å². The molecule has 0 spiro atoms. The minimum atomic E-state index is -0.200. The maximum atomic E-state index is 2.76. The Hall–Kier alpha value is -6.36. The summed E-state index contributed by atoms with van der Waals surface area (Å²) < 4.78 is 2.66. The number of fused-ring (bicyclic) bond motifs is 13. The summed E-state index contributed by atoms with van der Waals surface area (Å²) in [6.45, 7) is 9.61. The second kappa shape index (κ2) is 11.2. The van der Waals surface area contributed by atoms with E-state index in [2.05, 4.69) is 201 Å². The van der Waals surface area contributed by atoms with Gasteiger partial charge in [-0.05, 0) is 91.3 Å². The summed E-state index contributed by atoms with van der Waals surface area (Å²) in [5.74, 6) is 0. The Kier molecular flexibility index (Phi) is 6.31. The highest BCUT2D eigenvalue weighted by Gasteiger charge is 2.51. The number of rotatable bonds is 2. The summed E-state index contributed by atoms with van der Waals surface area (Å²) in [6, 6.07) is 62.2. The molecule has 0 amide bonds. The first kappa shape index (κ1) is 32.7. The summed E-state index contributed by atoms with van der Waals surface area (Å²) in [6.07, 6.45) is 0. The number of para-hydroxylation sites is 2. The number of thiophene rings is 1. The van der Waals surface area contributed by atoms with Crippen molar-refractivity contribution in [2.24, 2.45) is 0 Å². The zero-order chi connectivity index (χ0) is 38.7. The number of nitrogens with zero attached hydrogens (tertiary/aromatic N) is 2. The maximum Gasteiger partial charge on any atom is 0.333 e. The van der Waals surface area contributed by atoms with E-state index in [1.54, 1.807) is 0 Å². The first-order chi connectivity index (χ1) is 28.3. The number of hydrogen-bond acceptors (Lipinski definition) is 3. The van der Waals surface area contributed by atoms with E-state index in [0.717, 1.165) is 0 Å². The molecule has 0 saturated carbocycles. The number of hydrogen-bond donors (Lipinski definition) is 0. The molecule has 13 rings (SSSR count). The van der Waals surface area contributed by atoms with E-state index < -0.39 is 0 Å². The molecule has 4 heterocycles. The lowest BCUT2D eigenvalue weighted by Gasteiger charge is -2.51. The van der Waals surface area contributed by atoms with E-state index in [1.165, 1.54) is 115 Å². The zero-order valence-corrected chi connectivity index (χ0v) is 33.8. The van der Waals surface area contributed by atoms with E-state index in [9.17, 15) is 0 Å². The van der Waals surface area contributed by atoms with Crippen LogP contribution < -0.4 is 20.6 Å². The van der Waals surface area contributed by atoms with Crippen molar-refractivity contribution in [1.82, 2.24) is 0 Å². The average molecular weight is 759 g/mol. The standard InChI is InChI=1S/C54H39BN2S/c1-53(2)39-22-11-12-25-42(39)56-45-31-47-48(37-19-9-13-27-46(37)58-47)49-36-29-28-33(32-16-6-5-7-17-32)30-44(36)57(55(51(45)49)41-24-15-23-40(53)52(41)56)43-26-14-20-35-34-18-8-10-21-38(34)54(3,4)50(35)43/h5-31H,1-4H3. The molecule has 1 aromatic heterocycles. The van der Waals surface area contributed by atoms with Crippen LogP contribution in [0.3, 0.4) is 0 Å². The first-order valence-corrected chi connectivity index (χ1v) is 21.4. The van der Waals surface area contributed by atoms with E-state index in [4.69, 9.17) is 0 Å². The van der Waals surface area contributed by atoms with Crippen molar-refractivity contribution in [3.63, 3.8) is 0 Å². The van der Waals surface area contributed by atoms with Crippen LogP contribution in [0.25, 0.3) is 53.6 Å². The fourth-order valence-corrected chi connectivity index (χ4v) is 12.6. The lowest BCUT2D eigenvalue weighted by atomic mass is 9.42. The molecule has 8 aromatic carbocycles. The van der Waals surface area contributed by atoms with Crippen molar-refractivity contribution < 1.29 is 0 Å². The van der Waals surface area contributed by atoms with Crippen molar-refractivity contribution in [2.75, 3.05) is 9.71 Å². The molecule has 0 atom stereocenters. The van der Waals surface area contributed by atoms with E-state index in [1.807, 2.05) is 11.3 Å². The van der Waals surface area contributed by atoms with Crippen molar-refractivity contribution in [1.29, 1.82) is 0 Å². The van der Waals surface area contributed by atoms with Gasteiger partial charge in [0.1, 0.15) is 0 Å². The van der Waals surface area contributed by atoms with Gasteiger partial charge in [0.15, 0.2) is 0 Å². The van der Waals surface area contributed by atoms with Gasteiger partial charge < -0.3 is 9.71 Å². The summed E-state index contributed by atoms with van der Waals surface area (Å²) in [4.78, 5) is 5.40. The van der Waals surface area contributed by atoms with E-state index in [-0.39, 0.29) is 17.7 Å². The molecule has 3 aliphatic heterocycles. The van der Waals surface area contributed by atoms with Gasteiger partial charge in [-0.1, -0.05) is 161 Å². The van der Waals surface area contributed by atoms with Crippen molar-refractivity contribution in [3.8, 4) is 33.4 Å². The molecule has 9 aromatic rings. The van der Waals surface area contributed by atoms with Gasteiger partial charge in [-0.25, -0.2) is 0 Å². The molecule has 1 aliphatic carbocycles. The number of benzene rings is 8. The molecule has 4 aliphatic rings. The monoisotopic (exact) mass is 758 g/mol. The zero-order valence-electron chi connectivity index (χ0n) is 33.0. The second-order valence-corrected chi connectivity index (χ2v) is 18.7. The molecule has 0 bridgehead atoms. The van der Waals surface area contributed by atoms with Crippen LogP contribution >= 0.6 is 11.3 Å². The average Bonchev–Trinajstić information content (AvgIpc) is 3.75. The minimum Gasteiger partial charge on any atom is -0.376 e. The summed E-state index contributed by atoms with van der Waals surface area (Å²) >= 11 is 1.93. The summed E-state index contributed by atoms with van der Waals surface area (Å²) in [5.41, 5.74) is 22.1. The van der Waals surface area contributed by atoms with Crippen LogP contribution in [0.15, 0.2) is 164 Å². The fourth-order valence-electron chi connectivity index (χ4n) is 11.5. The molecule has 0 fully saturated rings. The molecule has 4 heteroatoms. The Balaban J connectivity index is 1.22. The molecule has 0 radical (unpaired) electrons. The molecule has 0 unspecified atom stereocenters. The van der Waals surface area contributed by atoms with Gasteiger partial charge in [-0.3, -0.25) is 0 Å². The van der Waals surface area contributed by atoms with Crippen LogP contribution in [-0.4, -0.2) is 6.85 Å². The predicted molar refractivity (Wildman–Crippen MR) is 248 cm³/mol. The molecule has 2 nitrogen and oxygen atoms in total. The molecule has 58 heavy (non-hydrogen) atoms. The van der Waals surface area contributed by atoms with Crippen LogP contribution in [0, 0.1) is 0 Å². The SMILES string of the molecule is CC1(C)c2ccccc2N2c3cc4sc5ccccc5c4c4c3B(c3cccc1c32)N(c1cccc2c1C(C)(C)c1ccccc1-2)c1cc(-c2ccccc2)ccc1-4. The Labute approximate surface area is 343 Å². The highest BCUT2D eigenvalue weighted by atomic mass is 32.1. The summed E-state index contributed by atoms with van der Waals surface area (Å²) in [5, 5.41) is 2.71. The third-order valence-corrected chi connectivity index (χ3v) is 15.1. The lowest BCUT2D eigenvalue weighted by Crippen LogP contribution is -2.62. The van der Waals surface area contributed by atoms with Gasteiger partial charge in [-0.2, -0.15) is 0 Å². The largest absolute Gasteiger partial charge is 0.376 e. The van der Waals surface area contributed by atoms with Gasteiger partial charge in [-0.15, -0.1) is 11.3 Å². The molecular weight excluding hydrogens is 719 g/mol. The lowest BCUT2D eigenvalue weighted by molar-refractivity contribution is 0.632. The third kappa shape index (κ3) is 3.99. The Morgan fingerprint density at radius 2 is 1.19 bits per heavy atom. The van der Waals surface area contributed by atoms with E-state index in [0.29, 0.717) is 0 Å². The number of anilines is 5. The quantitative estimate of drug-likeness (QED) is 0.162. The topological polar surface area (TPSA) is 6.48 Å². The highest BCUT2D eigenvalue weighted by molar-refractivity contribution is 7.26. The van der Waals surface area contributed by atoms with Gasteiger partial charge in [0.05, 0.1) is 5.69 Å². The predicted octanol–water partition coefficient (Wildman–Crippen LogP) is 13.4. The Morgan fingerprint density at radius 1 is 0.483 bits per heavy atom. The van der Waals surface area contributed by atoms with Crippen LogP contribution in [0.4, 0.5) is 28.4 Å². The van der Waals surface area contributed by atoms with Crippen LogP contribution in [0.5, 0.6) is 0 Å². The van der Waals surface area contributed by atoms with Gasteiger partial charge in [0, 0.05) is 59.3 Å². The normalized spacial score (nSPS) is 15.8. The maximum absolute atomic E-state index is 2.76. The highest BCUT2D eigenvalue weighted by Crippen LogP contribution is 2.59. The van der Waals surface area contributed by atoms with Crippen molar-refractivity contribution in [2.45, 2.75) is 38.5 Å². The smallest absolute Gasteiger partial charge is 0.333 e. The van der Waals surface area contributed by atoms with Crippen LogP contribution in [0.1, 0.15) is 49.9 Å². The molecule has 274 valence electrons. The Bertz CT molecular complexity index is 3260. The fraction of sp³-hybridized carbons (Fsp3) is 0.111. The molecule has 0 saturated heterocycles. The molecule has 0 N–H and O–H groups in total. The van der Waals surface area contributed by atoms with Gasteiger partial charge in [0.2, 0.25) is 0 Å².